The van der Waals surface area contributed by atoms with Gasteiger partial charge < -0.3 is 20.8 Å². The van der Waals surface area contributed by atoms with Crippen molar-refractivity contribution in [3.05, 3.63) is 404 Å². The molecule has 8 nitrogen and oxygen atoms in total. The molecule has 8 saturated carbocycles. The van der Waals surface area contributed by atoms with Crippen molar-refractivity contribution >= 4 is 142 Å². The summed E-state index contributed by atoms with van der Waals surface area (Å²) in [5.41, 5.74) is 29.1. The first-order valence-electron chi connectivity index (χ1n) is 49.9. The van der Waals surface area contributed by atoms with Gasteiger partial charge in [0.1, 0.15) is 46.1 Å². The average molecular weight is 1940 g/mol. The number of aryl methyl sites for hydroxylation is 2. The van der Waals surface area contributed by atoms with Crippen LogP contribution >= 0.6 is 68.9 Å². The van der Waals surface area contributed by atoms with Crippen LogP contribution in [0.3, 0.4) is 0 Å². The SMILES string of the molecule is CN1c2ccccc2SC1C12CCC(C3Sc4ccccc4N3C)(CC1)C21c2ccccc2-c2ccccc21.C[n+]1c(C23CCC(c4sc5ccccc5[n+]4C)(CC2)C32c3ccccc3-c3ccccc32)sc2ccccc21.O=CC12CCC(C=O)(CC1)C21c2ccccc2-c2ccccc21.[B].[H-].[Na+].c1ccc2c(c1)-c1ccccc1C21C2(c3nc4ccccc4s3)CCC1(c1nc3ccccc3s1)CC2. The molecule has 2 aliphatic heterocycles. The fourth-order valence-electron chi connectivity index (χ4n) is 33.8. The van der Waals surface area contributed by atoms with Gasteiger partial charge in [0.05, 0.1) is 58.8 Å². The molecule has 4 spiro atoms. The molecule has 12 aliphatic carbocycles. The van der Waals surface area contributed by atoms with Gasteiger partial charge in [-0.25, -0.2) is 9.97 Å². The molecule has 3 radical (unpaired) electrons. The van der Waals surface area contributed by atoms with Gasteiger partial charge in [0.15, 0.2) is 0 Å². The van der Waals surface area contributed by atoms with Crippen LogP contribution < -0.4 is 48.5 Å². The fraction of sp³-hybridized carbons (Fsp3) is 0.274. The Bertz CT molecular complexity index is 7680. The molecule has 2 atom stereocenters. The van der Waals surface area contributed by atoms with E-state index >= 15 is 0 Å². The number of aromatic nitrogens is 4. The second kappa shape index (κ2) is 31.4. The zero-order valence-electron chi connectivity index (χ0n) is 80.5. The molecule has 14 aliphatic rings. The number of thiazole rings is 4. The second-order valence-electron chi connectivity index (χ2n) is 42.5. The Morgan fingerprint density at radius 1 is 0.293 bits per heavy atom. The summed E-state index contributed by atoms with van der Waals surface area (Å²) in [6, 6.07) is 127. The summed E-state index contributed by atoms with van der Waals surface area (Å²) in [4.78, 5) is 43.6. The summed E-state index contributed by atoms with van der Waals surface area (Å²) in [6.45, 7) is 0. The number of benzene rings is 14. The van der Waals surface area contributed by atoms with E-state index in [9.17, 15) is 9.59 Å². The van der Waals surface area contributed by atoms with Crippen LogP contribution in [0.4, 0.5) is 11.4 Å². The zero-order valence-corrected chi connectivity index (χ0v) is 86.4. The van der Waals surface area contributed by atoms with Crippen LogP contribution in [0.2, 0.25) is 0 Å². The maximum Gasteiger partial charge on any atom is 1.00 e. The van der Waals surface area contributed by atoms with Gasteiger partial charge >= 0.3 is 29.6 Å². The van der Waals surface area contributed by atoms with E-state index in [-0.39, 0.29) is 88.1 Å². The third kappa shape index (κ3) is 10.4. The number of carbonyl (C=O) groups is 2. The van der Waals surface area contributed by atoms with E-state index < -0.39 is 16.2 Å². The predicted octanol–water partition coefficient (Wildman–Crippen LogP) is 25.4. The molecule has 18 aromatic rings. The van der Waals surface area contributed by atoms with Crippen LogP contribution in [0.15, 0.2) is 350 Å². The summed E-state index contributed by atoms with van der Waals surface area (Å²) in [6.07, 6.45) is 20.1. The number of anilines is 2. The van der Waals surface area contributed by atoms with Gasteiger partial charge in [0.25, 0.3) is 0 Å². The van der Waals surface area contributed by atoms with Gasteiger partial charge in [0.2, 0.25) is 21.0 Å². The number of hydrogen-bond donors (Lipinski definition) is 0. The Hall–Kier alpha value is -10.7. The molecule has 2 unspecified atom stereocenters. The summed E-state index contributed by atoms with van der Waals surface area (Å²) >= 11 is 12.2. The number of aldehydes is 2. The number of hydrogen-bond acceptors (Lipinski definition) is 12. The van der Waals surface area contributed by atoms with Gasteiger partial charge in [-0.3, -0.25) is 0 Å². The summed E-state index contributed by atoms with van der Waals surface area (Å²) < 4.78 is 10.5. The Labute approximate surface area is 868 Å². The first-order chi connectivity index (χ1) is 67.8. The minimum atomic E-state index is -0.462. The topological polar surface area (TPSA) is 74.2 Å². The number of fused-ring (bicyclic) bond motifs is 18. The predicted molar refractivity (Wildman–Crippen MR) is 574 cm³/mol. The molecule has 14 aromatic carbocycles. The Balaban J connectivity index is 0.0000000973. The maximum atomic E-state index is 12.3. The molecule has 0 N–H and O–H groups in total. The summed E-state index contributed by atoms with van der Waals surface area (Å²) in [7, 11) is 9.37. The molecule has 8 bridgehead atoms. The quantitative estimate of drug-likeness (QED) is 0.0846. The number of thioether (sulfide) groups is 2. The van der Waals surface area contributed by atoms with Crippen molar-refractivity contribution in [3.63, 3.8) is 0 Å². The molecule has 0 saturated heterocycles. The molecule has 32 rings (SSSR count). The monoisotopic (exact) mass is 1940 g/mol. The van der Waals surface area contributed by atoms with Crippen LogP contribution in [0.25, 0.3) is 85.4 Å². The molecule has 16 heteroatoms. The standard InChI is InChI=1S/C35H32N2S2.C35H30N2S2.C33H24N2S2.C21H18O2.B.Na.H/c2*1-36-27-15-7-9-17-29(27)38-31(36)33-19-21-34(22-20-33,32-37(2)28-16-8-10-18-30(28)39-32)35(33)25-13-5-3-11-23(25)24-12-4-6-14-26(24)35;1-3-11-23-21(9-1)22-10-2-4-12-24(22)33(23)31(29-34-25-13-5-7-15-27(25)36-29)17-19-32(33,20-18-31)30-35-26-14-6-8-16-28(26)37-30;22-13-19-9-10-20(14-23,12-11-19)21(19)17-7-3-1-5-15(17)16-6-2-4-8-18(16)21;;;/h3-18,31-32H,19-22H2,1-2H3;3-18H,19-22H2,1-2H3;1-16H,17-20H2;1-8,13-14H,9-12H2;;;/q;+2;;;;+1;-1. The van der Waals surface area contributed by atoms with Crippen molar-refractivity contribution in [1.82, 2.24) is 9.97 Å². The van der Waals surface area contributed by atoms with Crippen LogP contribution in [-0.4, -0.2) is 55.8 Å². The normalized spacial score (nSPS) is 27.0. The molecule has 681 valence electrons. The first kappa shape index (κ1) is 88.3. The van der Waals surface area contributed by atoms with E-state index in [0.717, 1.165) is 62.4 Å². The average Bonchev–Trinajstić information content (AvgIpc) is 1.46. The maximum absolute atomic E-state index is 12.3. The molecular formula is C124H105BN6NaO2S6+2. The minimum absolute atomic E-state index is 0. The molecule has 140 heavy (non-hydrogen) atoms. The second-order valence-corrected chi connectivity index (χ2v) is 48.9. The van der Waals surface area contributed by atoms with E-state index in [0.29, 0.717) is 10.7 Å². The van der Waals surface area contributed by atoms with Crippen molar-refractivity contribution in [2.24, 2.45) is 35.8 Å². The van der Waals surface area contributed by atoms with Crippen LogP contribution in [-0.2, 0) is 67.0 Å². The van der Waals surface area contributed by atoms with Crippen LogP contribution in [0.5, 0.6) is 0 Å². The van der Waals surface area contributed by atoms with Crippen molar-refractivity contribution in [3.8, 4) is 44.5 Å². The van der Waals surface area contributed by atoms with Gasteiger partial charge in [-0.05, 0) is 252 Å². The minimum Gasteiger partial charge on any atom is -1.00 e. The van der Waals surface area contributed by atoms with Crippen LogP contribution in [0, 0.1) is 21.7 Å². The molecule has 8 fully saturated rings. The van der Waals surface area contributed by atoms with Gasteiger partial charge in [-0.2, -0.15) is 9.13 Å². The summed E-state index contributed by atoms with van der Waals surface area (Å²) in [5.74, 6) is 0. The van der Waals surface area contributed by atoms with E-state index in [1.54, 1.807) is 32.3 Å². The molecule has 4 aromatic heterocycles. The smallest absolute Gasteiger partial charge is 1.00 e. The Kier molecular flexibility index (Phi) is 19.8. The van der Waals surface area contributed by atoms with Crippen LogP contribution in [0.1, 0.15) is 169 Å². The van der Waals surface area contributed by atoms with Crippen molar-refractivity contribution in [2.45, 2.75) is 167 Å². The first-order valence-corrected chi connectivity index (χ1v) is 54.9. The Morgan fingerprint density at radius 3 is 0.857 bits per heavy atom. The number of nitrogens with zero attached hydrogens (tertiary/aromatic N) is 6. The third-order valence-corrected chi connectivity index (χ3v) is 46.9. The molecule has 6 heterocycles. The van der Waals surface area contributed by atoms with E-state index in [4.69, 9.17) is 9.97 Å². The van der Waals surface area contributed by atoms with Gasteiger partial charge in [-0.1, -0.05) is 313 Å². The largest absolute Gasteiger partial charge is 1.00 e. The van der Waals surface area contributed by atoms with Gasteiger partial charge in [-0.15, -0.1) is 22.7 Å². The summed E-state index contributed by atoms with van der Waals surface area (Å²) in [5, 5.41) is 6.58. The van der Waals surface area contributed by atoms with E-state index in [2.05, 4.69) is 386 Å². The molecular weight excluding hydrogens is 1830 g/mol. The van der Waals surface area contributed by atoms with E-state index in [1.807, 2.05) is 69.6 Å². The number of rotatable bonds is 8. The van der Waals surface area contributed by atoms with Gasteiger partial charge in [0, 0.05) is 93.2 Å². The fourth-order valence-corrected chi connectivity index (χ4v) is 42.6. The third-order valence-electron chi connectivity index (χ3n) is 38.4. The van der Waals surface area contributed by atoms with E-state index in [1.165, 1.54) is 192 Å². The van der Waals surface area contributed by atoms with Crippen molar-refractivity contribution in [1.29, 1.82) is 0 Å². The number of carbonyl (C=O) groups excluding carboxylic acids is 2. The molecule has 0 amide bonds. The zero-order chi connectivity index (χ0) is 91.9. The Morgan fingerprint density at radius 2 is 0.550 bits per heavy atom. The number of para-hydroxylation sites is 6. The van der Waals surface area contributed by atoms with Crippen molar-refractivity contribution < 1.29 is 49.7 Å². The van der Waals surface area contributed by atoms with Crippen molar-refractivity contribution in [2.75, 3.05) is 23.9 Å².